The van der Waals surface area contributed by atoms with Crippen molar-refractivity contribution < 1.29 is 4.42 Å². The van der Waals surface area contributed by atoms with E-state index in [4.69, 9.17) is 19.4 Å². The van der Waals surface area contributed by atoms with E-state index in [2.05, 4.69) is 146 Å². The number of benzene rings is 8. The van der Waals surface area contributed by atoms with Gasteiger partial charge in [-0.05, 0) is 79.9 Å². The van der Waals surface area contributed by atoms with Gasteiger partial charge in [0.25, 0.3) is 0 Å². The van der Waals surface area contributed by atoms with Gasteiger partial charge in [-0.1, -0.05) is 164 Å². The molecule has 0 aliphatic heterocycles. The van der Waals surface area contributed by atoms with Crippen LogP contribution in [0.1, 0.15) is 22.3 Å². The maximum atomic E-state index is 6.53. The number of furan rings is 1. The monoisotopic (exact) mass is 713 g/mol. The van der Waals surface area contributed by atoms with Crippen molar-refractivity contribution in [1.29, 1.82) is 0 Å². The summed E-state index contributed by atoms with van der Waals surface area (Å²) in [6.45, 7) is 0. The molecule has 2 heterocycles. The minimum Gasteiger partial charge on any atom is -0.456 e. The molecule has 0 saturated carbocycles. The van der Waals surface area contributed by atoms with Crippen LogP contribution in [-0.4, -0.2) is 15.0 Å². The lowest BCUT2D eigenvalue weighted by Crippen LogP contribution is -2.29. The molecule has 10 aromatic rings. The van der Waals surface area contributed by atoms with Gasteiger partial charge in [-0.15, -0.1) is 0 Å². The van der Waals surface area contributed by atoms with Crippen LogP contribution in [0.4, 0.5) is 0 Å². The Bertz CT molecular complexity index is 3140. The van der Waals surface area contributed by atoms with Crippen molar-refractivity contribution in [2.45, 2.75) is 5.41 Å². The first-order chi connectivity index (χ1) is 27.8. The molecular weight excluding hydrogens is 683 g/mol. The Hall–Kier alpha value is -7.43. The lowest BCUT2D eigenvalue weighted by atomic mass is 9.65. The van der Waals surface area contributed by atoms with Crippen LogP contribution in [0.2, 0.25) is 0 Å². The van der Waals surface area contributed by atoms with Crippen LogP contribution in [0.15, 0.2) is 192 Å². The second-order valence-electron chi connectivity index (χ2n) is 14.7. The van der Waals surface area contributed by atoms with Gasteiger partial charge in [-0.3, -0.25) is 0 Å². The fraction of sp³-hybridized carbons (Fsp3) is 0.0192. The third-order valence-corrected chi connectivity index (χ3v) is 11.8. The van der Waals surface area contributed by atoms with E-state index < -0.39 is 5.41 Å². The molecule has 4 nitrogen and oxygen atoms in total. The molecule has 2 aromatic heterocycles. The number of hydrogen-bond acceptors (Lipinski definition) is 4. The highest BCUT2D eigenvalue weighted by Crippen LogP contribution is 2.62. The van der Waals surface area contributed by atoms with Crippen molar-refractivity contribution in [2.75, 3.05) is 0 Å². The van der Waals surface area contributed by atoms with Gasteiger partial charge in [0, 0.05) is 27.5 Å². The predicted molar refractivity (Wildman–Crippen MR) is 225 cm³/mol. The predicted octanol–water partition coefficient (Wildman–Crippen LogP) is 12.8. The molecule has 12 rings (SSSR count). The first kappa shape index (κ1) is 31.0. The minimum absolute atomic E-state index is 0.629. The number of hydrogen-bond donors (Lipinski definition) is 0. The number of fused-ring (bicyclic) bond motifs is 15. The molecule has 0 saturated heterocycles. The van der Waals surface area contributed by atoms with E-state index >= 15 is 0 Å². The van der Waals surface area contributed by atoms with Gasteiger partial charge in [-0.25, -0.2) is 15.0 Å². The van der Waals surface area contributed by atoms with Gasteiger partial charge >= 0.3 is 0 Å². The minimum atomic E-state index is -0.684. The molecule has 0 fully saturated rings. The van der Waals surface area contributed by atoms with E-state index in [1.165, 1.54) is 55.6 Å². The summed E-state index contributed by atoms with van der Waals surface area (Å²) in [5.74, 6) is 1.91. The summed E-state index contributed by atoms with van der Waals surface area (Å²) in [5.41, 5.74) is 16.0. The normalized spacial score (nSPS) is 14.9. The zero-order valence-corrected chi connectivity index (χ0v) is 30.1. The van der Waals surface area contributed by atoms with E-state index in [0.717, 1.165) is 38.6 Å². The maximum absolute atomic E-state index is 6.53. The summed E-state index contributed by atoms with van der Waals surface area (Å²) < 4.78 is 6.53. The lowest BCUT2D eigenvalue weighted by molar-refractivity contribution is 0.668. The quantitative estimate of drug-likeness (QED) is 0.183. The van der Waals surface area contributed by atoms with Gasteiger partial charge in [0.2, 0.25) is 0 Å². The highest BCUT2D eigenvalue weighted by Gasteiger charge is 2.50. The molecule has 1 unspecified atom stereocenters. The van der Waals surface area contributed by atoms with E-state index in [1.54, 1.807) is 0 Å². The fourth-order valence-corrected chi connectivity index (χ4v) is 9.38. The molecule has 4 heteroatoms. The van der Waals surface area contributed by atoms with Crippen molar-refractivity contribution in [1.82, 2.24) is 15.0 Å². The summed E-state index contributed by atoms with van der Waals surface area (Å²) in [5, 5.41) is 2.23. The van der Waals surface area contributed by atoms with Crippen LogP contribution in [0.25, 0.3) is 89.5 Å². The average molecular weight is 714 g/mol. The van der Waals surface area contributed by atoms with Crippen LogP contribution in [0, 0.1) is 0 Å². The average Bonchev–Trinajstić information content (AvgIpc) is 3.75. The first-order valence-electron chi connectivity index (χ1n) is 19.0. The van der Waals surface area contributed by atoms with Crippen molar-refractivity contribution in [2.24, 2.45) is 0 Å². The molecule has 2 aliphatic carbocycles. The molecule has 0 amide bonds. The molecule has 56 heavy (non-hydrogen) atoms. The third kappa shape index (κ3) is 4.32. The summed E-state index contributed by atoms with van der Waals surface area (Å²) >= 11 is 0. The van der Waals surface area contributed by atoms with Gasteiger partial charge < -0.3 is 4.42 Å². The van der Waals surface area contributed by atoms with E-state index in [9.17, 15) is 0 Å². The second-order valence-corrected chi connectivity index (χ2v) is 14.7. The van der Waals surface area contributed by atoms with Crippen molar-refractivity contribution in [3.63, 3.8) is 0 Å². The Balaban J connectivity index is 1.22. The molecule has 0 bridgehead atoms. The summed E-state index contributed by atoms with van der Waals surface area (Å²) in [4.78, 5) is 15.4. The lowest BCUT2D eigenvalue weighted by Gasteiger charge is -2.35. The SMILES string of the molecule is c1ccc(-c2nc(-c3ccccc3)nc(-c3ccc4c(c3)C3(c5ccccc5-c5ccccc5-4)c4ccccc4-c4cc5oc6ccccc6c5cc43)n2)cc1. The van der Waals surface area contributed by atoms with Crippen LogP contribution in [0.3, 0.4) is 0 Å². The Morgan fingerprint density at radius 3 is 1.43 bits per heavy atom. The van der Waals surface area contributed by atoms with Crippen LogP contribution >= 0.6 is 0 Å². The van der Waals surface area contributed by atoms with Crippen molar-refractivity contribution in [3.8, 4) is 67.5 Å². The fourth-order valence-electron chi connectivity index (χ4n) is 9.38. The molecule has 2 aliphatic rings. The summed E-state index contributed by atoms with van der Waals surface area (Å²) in [6.07, 6.45) is 0. The third-order valence-electron chi connectivity index (χ3n) is 11.8. The van der Waals surface area contributed by atoms with Crippen molar-refractivity contribution in [3.05, 3.63) is 210 Å². The number of aromatic nitrogens is 3. The van der Waals surface area contributed by atoms with E-state index in [0.29, 0.717) is 17.5 Å². The Labute approximate surface area is 323 Å². The maximum Gasteiger partial charge on any atom is 0.164 e. The number of rotatable bonds is 3. The Morgan fingerprint density at radius 2 is 0.786 bits per heavy atom. The Kier molecular flexibility index (Phi) is 6.52. The zero-order valence-electron chi connectivity index (χ0n) is 30.1. The van der Waals surface area contributed by atoms with Crippen LogP contribution in [-0.2, 0) is 5.41 Å². The van der Waals surface area contributed by atoms with Crippen molar-refractivity contribution >= 4 is 21.9 Å². The second kappa shape index (κ2) is 11.8. The smallest absolute Gasteiger partial charge is 0.164 e. The van der Waals surface area contributed by atoms with Gasteiger partial charge in [0.05, 0.1) is 5.41 Å². The molecule has 0 radical (unpaired) electrons. The Morgan fingerprint density at radius 1 is 0.304 bits per heavy atom. The zero-order chi connectivity index (χ0) is 36.8. The highest BCUT2D eigenvalue weighted by atomic mass is 16.3. The summed E-state index contributed by atoms with van der Waals surface area (Å²) in [7, 11) is 0. The molecular formula is C52H31N3O. The topological polar surface area (TPSA) is 51.8 Å². The number of para-hydroxylation sites is 1. The standard InChI is InChI=1S/C52H31N3O/c1-3-15-32(16-4-1)49-53-50(33-17-5-2-6-18-33)55-51(54-49)34-27-28-39-36-20-8-7-19-35(36)37-21-9-12-24-43(37)52(45(39)29-34)44-25-13-10-22-38(44)41-31-48-42(30-46(41)52)40-23-11-14-26-47(40)56-48/h1-31H. The van der Waals surface area contributed by atoms with Crippen LogP contribution < -0.4 is 0 Å². The molecule has 1 atom stereocenters. The van der Waals surface area contributed by atoms with Gasteiger partial charge in [0.1, 0.15) is 11.2 Å². The van der Waals surface area contributed by atoms with Gasteiger partial charge in [-0.2, -0.15) is 0 Å². The van der Waals surface area contributed by atoms with E-state index in [-0.39, 0.29) is 0 Å². The molecule has 8 aromatic carbocycles. The molecule has 1 spiro atoms. The summed E-state index contributed by atoms with van der Waals surface area (Å²) in [6, 6.07) is 67.0. The number of nitrogens with zero attached hydrogens (tertiary/aromatic N) is 3. The molecule has 0 N–H and O–H groups in total. The van der Waals surface area contributed by atoms with Gasteiger partial charge in [0.15, 0.2) is 17.5 Å². The highest BCUT2D eigenvalue weighted by molar-refractivity contribution is 6.09. The van der Waals surface area contributed by atoms with E-state index in [1.807, 2.05) is 42.5 Å². The van der Waals surface area contributed by atoms with Crippen LogP contribution in [0.5, 0.6) is 0 Å². The molecule has 260 valence electrons. The largest absolute Gasteiger partial charge is 0.456 e. The first-order valence-corrected chi connectivity index (χ1v) is 19.0.